The molecule has 0 saturated carbocycles. The van der Waals surface area contributed by atoms with Gasteiger partial charge in [0.25, 0.3) is 0 Å². The molecule has 5 rings (SSSR count). The highest BCUT2D eigenvalue weighted by atomic mass is 32.2. The Balaban J connectivity index is 1.58. The number of hydrogen-bond acceptors (Lipinski definition) is 2. The lowest BCUT2D eigenvalue weighted by Gasteiger charge is -2.10. The van der Waals surface area contributed by atoms with Gasteiger partial charge < -0.3 is 9.84 Å². The maximum atomic E-state index is 14.0. The molecular weight excluding hydrogens is 428 g/mol. The summed E-state index contributed by atoms with van der Waals surface area (Å²) in [6.45, 7) is 0. The van der Waals surface area contributed by atoms with Crippen LogP contribution in [-0.4, -0.2) is 5.11 Å². The molecular formula is C24H13F4O2S+. The number of phenolic OH excluding ortho intramolecular Hbond substituents is 1. The lowest BCUT2D eigenvalue weighted by atomic mass is 10.2. The minimum atomic E-state index is -1.91. The van der Waals surface area contributed by atoms with Gasteiger partial charge in [0.05, 0.1) is 0 Å². The lowest BCUT2D eigenvalue weighted by Crippen LogP contribution is -2.00. The van der Waals surface area contributed by atoms with Crippen molar-refractivity contribution in [3.8, 4) is 22.1 Å². The summed E-state index contributed by atoms with van der Waals surface area (Å²) in [6, 6.07) is 22.6. The normalized spacial score (nSPS) is 11.4. The quantitative estimate of drug-likeness (QED) is 0.176. The van der Waals surface area contributed by atoms with Crippen LogP contribution in [0.25, 0.3) is 25.1 Å². The molecule has 0 unspecified atom stereocenters. The van der Waals surface area contributed by atoms with Crippen molar-refractivity contribution in [1.82, 2.24) is 0 Å². The molecule has 0 amide bonds. The Morgan fingerprint density at radius 2 is 1.10 bits per heavy atom. The molecule has 1 heterocycles. The SMILES string of the molecule is Oc1c(F)c(F)c(Oc2ccc(-[s+]3c4ccccc4c4ccccc43)cc2)c(F)c1F. The van der Waals surface area contributed by atoms with Crippen molar-refractivity contribution >= 4 is 30.6 Å². The van der Waals surface area contributed by atoms with E-state index in [9.17, 15) is 17.6 Å². The van der Waals surface area contributed by atoms with Gasteiger partial charge in [-0.2, -0.15) is 17.6 Å². The van der Waals surface area contributed by atoms with Gasteiger partial charge in [0.2, 0.25) is 29.0 Å². The highest BCUT2D eigenvalue weighted by Gasteiger charge is 2.27. The van der Waals surface area contributed by atoms with Crippen LogP contribution in [0, 0.1) is 23.3 Å². The molecule has 4 aromatic carbocycles. The van der Waals surface area contributed by atoms with Crippen molar-refractivity contribution in [3.63, 3.8) is 0 Å². The summed E-state index contributed by atoms with van der Waals surface area (Å²) in [4.78, 5) is 0.953. The number of thiophene rings is 1. The summed E-state index contributed by atoms with van der Waals surface area (Å²) in [5.74, 6) is -10.4. The number of benzene rings is 4. The Hall–Kier alpha value is -3.58. The van der Waals surface area contributed by atoms with Crippen LogP contribution in [0.3, 0.4) is 0 Å². The zero-order valence-corrected chi connectivity index (χ0v) is 16.5. The molecule has 31 heavy (non-hydrogen) atoms. The Morgan fingerprint density at radius 3 is 1.61 bits per heavy atom. The minimum Gasteiger partial charge on any atom is -0.503 e. The molecule has 0 radical (unpaired) electrons. The fraction of sp³-hybridized carbons (Fsp3) is 0. The van der Waals surface area contributed by atoms with Crippen LogP contribution < -0.4 is 4.74 Å². The van der Waals surface area contributed by atoms with Crippen LogP contribution in [0.1, 0.15) is 0 Å². The van der Waals surface area contributed by atoms with E-state index in [1.807, 2.05) is 24.3 Å². The molecule has 1 N–H and O–H groups in total. The number of halogens is 4. The molecule has 0 aliphatic carbocycles. The van der Waals surface area contributed by atoms with Gasteiger partial charge in [0, 0.05) is 33.4 Å². The first kappa shape index (κ1) is 19.4. The van der Waals surface area contributed by atoms with Gasteiger partial charge in [0.1, 0.15) is 5.75 Å². The van der Waals surface area contributed by atoms with Gasteiger partial charge in [-0.1, -0.05) is 24.3 Å². The van der Waals surface area contributed by atoms with E-state index in [1.165, 1.54) is 12.1 Å². The topological polar surface area (TPSA) is 29.5 Å². The van der Waals surface area contributed by atoms with E-state index in [1.54, 1.807) is 12.1 Å². The average Bonchev–Trinajstić information content (AvgIpc) is 3.14. The third-order valence-electron chi connectivity index (χ3n) is 4.98. The van der Waals surface area contributed by atoms with Crippen molar-refractivity contribution in [2.45, 2.75) is 0 Å². The Morgan fingerprint density at radius 1 is 0.613 bits per heavy atom. The van der Waals surface area contributed by atoms with Crippen LogP contribution in [-0.2, 0) is 0 Å². The second kappa shape index (κ2) is 7.28. The van der Waals surface area contributed by atoms with Gasteiger partial charge in [0.15, 0.2) is 20.0 Å². The molecule has 0 fully saturated rings. The first-order valence-corrected chi connectivity index (χ1v) is 10.5. The Labute approximate surface area is 176 Å². The monoisotopic (exact) mass is 441 g/mol. The standard InChI is InChI=1S/C24H12F4O2S/c25-19-21(27)24(22(28)20(26)23(19)29)30-13-9-11-14(12-10-13)31-17-7-3-1-5-15(17)16-6-2-4-8-18(16)31/h1-12H/p+1. The molecule has 1 aromatic heterocycles. The Kier molecular flexibility index (Phi) is 4.55. The van der Waals surface area contributed by atoms with Crippen LogP contribution in [0.15, 0.2) is 72.8 Å². The highest BCUT2D eigenvalue weighted by molar-refractivity contribution is 7.50. The number of aromatic hydroxyl groups is 1. The predicted octanol–water partition coefficient (Wildman–Crippen LogP) is 7.79. The lowest BCUT2D eigenvalue weighted by molar-refractivity contribution is 0.324. The van der Waals surface area contributed by atoms with E-state index in [4.69, 9.17) is 9.84 Å². The van der Waals surface area contributed by atoms with Crippen LogP contribution >= 0.6 is 10.5 Å². The highest BCUT2D eigenvalue weighted by Crippen LogP contribution is 2.48. The van der Waals surface area contributed by atoms with Crippen molar-refractivity contribution in [3.05, 3.63) is 96.1 Å². The summed E-state index contributed by atoms with van der Waals surface area (Å²) >= 11 is 0. The number of phenols is 1. The van der Waals surface area contributed by atoms with Crippen molar-refractivity contribution in [1.29, 1.82) is 0 Å². The zero-order chi connectivity index (χ0) is 21.7. The third-order valence-corrected chi connectivity index (χ3v) is 7.32. The number of fused-ring (bicyclic) bond motifs is 3. The Bertz CT molecular complexity index is 1380. The summed E-state index contributed by atoms with van der Waals surface area (Å²) in [7, 11) is -0.371. The van der Waals surface area contributed by atoms with Crippen LogP contribution in [0.5, 0.6) is 17.2 Å². The van der Waals surface area contributed by atoms with Gasteiger partial charge in [-0.05, 0) is 36.4 Å². The zero-order valence-electron chi connectivity index (χ0n) is 15.7. The first-order valence-electron chi connectivity index (χ1n) is 9.23. The van der Waals surface area contributed by atoms with Gasteiger partial charge in [-0.15, -0.1) is 0 Å². The average molecular weight is 441 g/mol. The van der Waals surface area contributed by atoms with Crippen LogP contribution in [0.4, 0.5) is 17.6 Å². The largest absolute Gasteiger partial charge is 0.503 e. The van der Waals surface area contributed by atoms with Crippen molar-refractivity contribution in [2.75, 3.05) is 0 Å². The fourth-order valence-corrected chi connectivity index (χ4v) is 5.94. The van der Waals surface area contributed by atoms with Crippen LogP contribution in [0.2, 0.25) is 0 Å². The molecule has 5 aromatic rings. The van der Waals surface area contributed by atoms with Gasteiger partial charge in [-0.3, -0.25) is 0 Å². The molecule has 0 spiro atoms. The van der Waals surface area contributed by atoms with E-state index >= 15 is 0 Å². The van der Waals surface area contributed by atoms with Crippen molar-refractivity contribution in [2.24, 2.45) is 0 Å². The maximum Gasteiger partial charge on any atom is 0.208 e. The molecule has 0 bridgehead atoms. The minimum absolute atomic E-state index is 0.00425. The molecule has 154 valence electrons. The molecule has 2 nitrogen and oxygen atoms in total. The predicted molar refractivity (Wildman–Crippen MR) is 113 cm³/mol. The maximum absolute atomic E-state index is 14.0. The molecule has 7 heteroatoms. The second-order valence-corrected chi connectivity index (χ2v) is 8.77. The van der Waals surface area contributed by atoms with Crippen molar-refractivity contribution < 1.29 is 27.4 Å². The fourth-order valence-electron chi connectivity index (χ4n) is 3.56. The number of rotatable bonds is 3. The van der Waals surface area contributed by atoms with Gasteiger partial charge >= 0.3 is 0 Å². The molecule has 0 aliphatic rings. The number of hydrogen-bond donors (Lipinski definition) is 1. The summed E-state index contributed by atoms with van der Waals surface area (Å²) in [5, 5.41) is 11.4. The molecule has 0 saturated heterocycles. The second-order valence-electron chi connectivity index (χ2n) is 6.81. The van der Waals surface area contributed by atoms with E-state index in [0.29, 0.717) is 0 Å². The summed E-state index contributed by atoms with van der Waals surface area (Å²) in [6.07, 6.45) is 0. The first-order chi connectivity index (χ1) is 15.0. The van der Waals surface area contributed by atoms with Gasteiger partial charge in [-0.25, -0.2) is 0 Å². The molecule has 0 aliphatic heterocycles. The summed E-state index contributed by atoms with van der Waals surface area (Å²) in [5.41, 5.74) is 0. The van der Waals surface area contributed by atoms with E-state index in [-0.39, 0.29) is 16.2 Å². The smallest absolute Gasteiger partial charge is 0.208 e. The molecule has 0 atom stereocenters. The number of ether oxygens (including phenoxy) is 1. The third kappa shape index (κ3) is 3.00. The van der Waals surface area contributed by atoms with E-state index < -0.39 is 34.8 Å². The van der Waals surface area contributed by atoms with E-state index in [2.05, 4.69) is 24.3 Å². The van der Waals surface area contributed by atoms with E-state index in [0.717, 1.165) is 25.1 Å². The summed E-state index contributed by atoms with van der Waals surface area (Å²) < 4.78 is 62.5.